The predicted octanol–water partition coefficient (Wildman–Crippen LogP) is -1.34. The second kappa shape index (κ2) is 4.17. The Kier molecular flexibility index (Phi) is 3.32. The third-order valence-corrected chi connectivity index (χ3v) is 3.12. The van der Waals surface area contributed by atoms with Crippen LogP contribution in [0.5, 0.6) is 0 Å². The molecule has 0 fully saturated rings. The summed E-state index contributed by atoms with van der Waals surface area (Å²) in [6, 6.07) is 0. The van der Waals surface area contributed by atoms with Crippen LogP contribution in [0.15, 0.2) is 11.1 Å². The molecule has 1 aromatic rings. The molecule has 86 valence electrons. The number of aromatic nitrogens is 2. The molecule has 0 aliphatic heterocycles. The molecule has 1 aromatic heterocycles. The lowest BCUT2D eigenvalue weighted by Crippen LogP contribution is -2.30. The van der Waals surface area contributed by atoms with Crippen LogP contribution in [0.2, 0.25) is 0 Å². The summed E-state index contributed by atoms with van der Waals surface area (Å²) in [5, 5.41) is 12.7. The van der Waals surface area contributed by atoms with Gasteiger partial charge < -0.3 is 10.8 Å². The molecular formula is C7H14N4O3S. The number of sulfonamides is 1. The number of hydrogen-bond acceptors (Lipinski definition) is 5. The number of aliphatic hydroxyl groups is 1. The van der Waals surface area contributed by atoms with Crippen molar-refractivity contribution >= 4 is 15.8 Å². The first-order valence-electron chi connectivity index (χ1n) is 4.30. The van der Waals surface area contributed by atoms with Gasteiger partial charge in [-0.05, 0) is 6.92 Å². The van der Waals surface area contributed by atoms with Gasteiger partial charge in [0.2, 0.25) is 10.0 Å². The summed E-state index contributed by atoms with van der Waals surface area (Å²) in [4.78, 5) is -0.0781. The lowest BCUT2D eigenvalue weighted by molar-refractivity contribution is 0.198. The van der Waals surface area contributed by atoms with Crippen LogP contribution in [-0.4, -0.2) is 36.0 Å². The molecule has 15 heavy (non-hydrogen) atoms. The smallest absolute Gasteiger partial charge is 0.245 e. The Balaban J connectivity index is 2.91. The molecule has 0 radical (unpaired) electrons. The molecule has 1 heterocycles. The maximum absolute atomic E-state index is 11.6. The summed E-state index contributed by atoms with van der Waals surface area (Å²) in [6.45, 7) is 1.42. The minimum Gasteiger partial charge on any atom is -0.392 e. The first-order chi connectivity index (χ1) is 6.83. The number of aliphatic hydroxyl groups excluding tert-OH is 1. The fraction of sp³-hybridized carbons (Fsp3) is 0.571. The van der Waals surface area contributed by atoms with Crippen LogP contribution in [0.4, 0.5) is 5.82 Å². The van der Waals surface area contributed by atoms with E-state index in [0.717, 1.165) is 0 Å². The van der Waals surface area contributed by atoms with Crippen LogP contribution < -0.4 is 10.5 Å². The third-order valence-electron chi connectivity index (χ3n) is 1.68. The van der Waals surface area contributed by atoms with Gasteiger partial charge in [-0.25, -0.2) is 13.1 Å². The molecule has 0 aliphatic rings. The summed E-state index contributed by atoms with van der Waals surface area (Å²) in [5.74, 6) is -0.0596. The monoisotopic (exact) mass is 234 g/mol. The highest BCUT2D eigenvalue weighted by Gasteiger charge is 2.20. The van der Waals surface area contributed by atoms with E-state index in [-0.39, 0.29) is 17.3 Å². The van der Waals surface area contributed by atoms with Crippen LogP contribution in [0.25, 0.3) is 0 Å². The highest BCUT2D eigenvalue weighted by atomic mass is 32.2. The van der Waals surface area contributed by atoms with Crippen molar-refractivity contribution in [2.24, 2.45) is 7.05 Å². The van der Waals surface area contributed by atoms with Gasteiger partial charge in [-0.1, -0.05) is 0 Å². The molecule has 0 saturated carbocycles. The van der Waals surface area contributed by atoms with Crippen LogP contribution >= 0.6 is 0 Å². The number of hydrogen-bond donors (Lipinski definition) is 3. The fourth-order valence-electron chi connectivity index (χ4n) is 0.999. The normalized spacial score (nSPS) is 14.1. The zero-order valence-corrected chi connectivity index (χ0v) is 9.32. The zero-order chi connectivity index (χ0) is 11.6. The summed E-state index contributed by atoms with van der Waals surface area (Å²) in [5.41, 5.74) is 5.42. The molecule has 1 unspecified atom stereocenters. The molecule has 0 bridgehead atoms. The average Bonchev–Trinajstić information content (AvgIpc) is 2.43. The first kappa shape index (κ1) is 12.0. The van der Waals surface area contributed by atoms with Gasteiger partial charge in [-0.2, -0.15) is 5.10 Å². The van der Waals surface area contributed by atoms with E-state index in [1.54, 1.807) is 7.05 Å². The lowest BCUT2D eigenvalue weighted by atomic mass is 10.4. The molecule has 0 amide bonds. The average molecular weight is 234 g/mol. The van der Waals surface area contributed by atoms with E-state index in [1.807, 2.05) is 0 Å². The summed E-state index contributed by atoms with van der Waals surface area (Å²) in [7, 11) is -2.11. The standard InChI is InChI=1S/C7H14N4O3S/c1-5(12)3-9-15(13,14)6-4-11(2)10-7(6)8/h4-5,9,12H,3H2,1-2H3,(H2,8,10). The van der Waals surface area contributed by atoms with Crippen LogP contribution in [0.3, 0.4) is 0 Å². The fourth-order valence-corrected chi connectivity index (χ4v) is 2.22. The maximum Gasteiger partial charge on any atom is 0.245 e. The quantitative estimate of drug-likeness (QED) is 0.597. The molecule has 4 N–H and O–H groups in total. The number of nitrogens with zero attached hydrogens (tertiary/aromatic N) is 2. The minimum atomic E-state index is -3.68. The molecule has 0 aromatic carbocycles. The Hall–Kier alpha value is -1.12. The van der Waals surface area contributed by atoms with Crippen LogP contribution in [0.1, 0.15) is 6.92 Å². The van der Waals surface area contributed by atoms with Crippen molar-refractivity contribution in [1.29, 1.82) is 0 Å². The number of nitrogens with one attached hydrogen (secondary N) is 1. The van der Waals surface area contributed by atoms with Crippen molar-refractivity contribution in [2.75, 3.05) is 12.3 Å². The lowest BCUT2D eigenvalue weighted by Gasteiger charge is -2.06. The van der Waals surface area contributed by atoms with E-state index in [0.29, 0.717) is 0 Å². The number of anilines is 1. The third kappa shape index (κ3) is 2.91. The molecule has 7 nitrogen and oxygen atoms in total. The first-order valence-corrected chi connectivity index (χ1v) is 5.78. The number of aryl methyl sites for hydroxylation is 1. The van der Waals surface area contributed by atoms with Gasteiger partial charge >= 0.3 is 0 Å². The van der Waals surface area contributed by atoms with E-state index >= 15 is 0 Å². The van der Waals surface area contributed by atoms with Crippen molar-refractivity contribution in [3.8, 4) is 0 Å². The molecule has 8 heteroatoms. The summed E-state index contributed by atoms with van der Waals surface area (Å²) in [6.07, 6.45) is 0.553. The Labute approximate surface area is 87.9 Å². The highest BCUT2D eigenvalue weighted by molar-refractivity contribution is 7.89. The van der Waals surface area contributed by atoms with Gasteiger partial charge in [0.15, 0.2) is 5.82 Å². The molecule has 1 rings (SSSR count). The van der Waals surface area contributed by atoms with Gasteiger partial charge in [0.25, 0.3) is 0 Å². The van der Waals surface area contributed by atoms with Crippen LogP contribution in [0, 0.1) is 0 Å². The Bertz CT molecular complexity index is 437. The van der Waals surface area contributed by atoms with Crippen molar-refractivity contribution < 1.29 is 13.5 Å². The van der Waals surface area contributed by atoms with E-state index in [9.17, 15) is 8.42 Å². The predicted molar refractivity (Wildman–Crippen MR) is 54.5 cm³/mol. The Morgan fingerprint density at radius 2 is 2.33 bits per heavy atom. The van der Waals surface area contributed by atoms with Gasteiger partial charge in [0, 0.05) is 19.8 Å². The molecular weight excluding hydrogens is 220 g/mol. The Morgan fingerprint density at radius 1 is 1.73 bits per heavy atom. The van der Waals surface area contributed by atoms with Crippen molar-refractivity contribution in [3.05, 3.63) is 6.20 Å². The zero-order valence-electron chi connectivity index (χ0n) is 8.51. The molecule has 0 aliphatic carbocycles. The van der Waals surface area contributed by atoms with E-state index < -0.39 is 16.1 Å². The van der Waals surface area contributed by atoms with Crippen molar-refractivity contribution in [3.63, 3.8) is 0 Å². The van der Waals surface area contributed by atoms with E-state index in [4.69, 9.17) is 10.8 Å². The largest absolute Gasteiger partial charge is 0.392 e. The van der Waals surface area contributed by atoms with Crippen molar-refractivity contribution in [2.45, 2.75) is 17.9 Å². The van der Waals surface area contributed by atoms with E-state index in [2.05, 4.69) is 9.82 Å². The number of nitrogen functional groups attached to an aromatic ring is 1. The number of rotatable bonds is 4. The van der Waals surface area contributed by atoms with Gasteiger partial charge in [0.05, 0.1) is 6.10 Å². The topological polar surface area (TPSA) is 110 Å². The molecule has 1 atom stereocenters. The minimum absolute atomic E-state index is 0.0589. The molecule has 0 saturated heterocycles. The second-order valence-electron chi connectivity index (χ2n) is 3.25. The van der Waals surface area contributed by atoms with Crippen molar-refractivity contribution in [1.82, 2.24) is 14.5 Å². The maximum atomic E-state index is 11.6. The summed E-state index contributed by atoms with van der Waals surface area (Å²) >= 11 is 0. The Morgan fingerprint density at radius 3 is 2.73 bits per heavy atom. The van der Waals surface area contributed by atoms with Gasteiger partial charge in [-0.3, -0.25) is 4.68 Å². The van der Waals surface area contributed by atoms with Crippen LogP contribution in [-0.2, 0) is 17.1 Å². The molecule has 0 spiro atoms. The van der Waals surface area contributed by atoms with Gasteiger partial charge in [-0.15, -0.1) is 0 Å². The summed E-state index contributed by atoms with van der Waals surface area (Å²) < 4.78 is 26.8. The SMILES string of the molecule is CC(O)CNS(=O)(=O)c1cn(C)nc1N. The number of nitrogens with two attached hydrogens (primary N) is 1. The van der Waals surface area contributed by atoms with E-state index in [1.165, 1.54) is 17.8 Å². The highest BCUT2D eigenvalue weighted by Crippen LogP contribution is 2.14. The second-order valence-corrected chi connectivity index (χ2v) is 4.99. The van der Waals surface area contributed by atoms with Gasteiger partial charge in [0.1, 0.15) is 4.90 Å².